The summed E-state index contributed by atoms with van der Waals surface area (Å²) < 4.78 is 0. The van der Waals surface area contributed by atoms with Crippen molar-refractivity contribution in [3.8, 4) is 0 Å². The first-order valence-corrected chi connectivity index (χ1v) is 0. The minimum Gasteiger partial charge on any atom is -1.00 e. The molecule has 0 nitrogen and oxygen atoms in total. The average molecular weight is 179 g/mol. The predicted molar refractivity (Wildman–Crippen MR) is 5.75 cm³/mol. The van der Waals surface area contributed by atoms with Gasteiger partial charge in [-0.3, -0.25) is 0 Å². The zero-order valence-electron chi connectivity index (χ0n) is 1.63. The molecule has 0 unspecified atom stereocenters. The summed E-state index contributed by atoms with van der Waals surface area (Å²) in [6, 6.07) is 0. The molecule has 0 aromatic heterocycles. The second-order valence-corrected chi connectivity index (χ2v) is 0. The van der Waals surface area contributed by atoms with Gasteiger partial charge in [-0.25, -0.2) is 0 Å². The first-order chi connectivity index (χ1) is 0. The van der Waals surface area contributed by atoms with Crippen LogP contribution in [0, 0.1) is 0 Å². The Balaban J connectivity index is 0. The zero-order valence-corrected chi connectivity index (χ0v) is 6.00. The van der Waals surface area contributed by atoms with Gasteiger partial charge in [0.2, 0.25) is 0 Å². The van der Waals surface area contributed by atoms with Crippen LogP contribution < -0.4 is 37.2 Å². The van der Waals surface area contributed by atoms with Crippen molar-refractivity contribution in [1.82, 2.24) is 0 Å². The minimum atomic E-state index is 0. The van der Waals surface area contributed by atoms with E-state index in [1.165, 1.54) is 0 Å². The van der Waals surface area contributed by atoms with Crippen LogP contribution in [0.3, 0.4) is 0 Å². The van der Waals surface area contributed by atoms with Crippen molar-refractivity contribution in [3.63, 3.8) is 0 Å². The van der Waals surface area contributed by atoms with E-state index in [-0.39, 0.29) is 54.8 Å². The van der Waals surface area contributed by atoms with Gasteiger partial charge in [0.25, 0.3) is 0 Å². The fraction of sp³-hybridized carbons (Fsp3) is 0. The summed E-state index contributed by atoms with van der Waals surface area (Å²) >= 11 is 0. The standard InChI is InChI=1S/3ClH.Ge/h3*1H;/q;;;+3/p-3. The minimum absolute atomic E-state index is 0. The maximum absolute atomic E-state index is 0. The van der Waals surface area contributed by atoms with Crippen LogP contribution in [-0.4, -0.2) is 17.6 Å². The summed E-state index contributed by atoms with van der Waals surface area (Å²) in [5, 5.41) is 0. The molecule has 0 rings (SSSR count). The molecule has 0 heterocycles. The Morgan fingerprint density at radius 1 is 0.500 bits per heavy atom. The van der Waals surface area contributed by atoms with Gasteiger partial charge >= 0.3 is 17.6 Å². The van der Waals surface area contributed by atoms with E-state index in [0.29, 0.717) is 0 Å². The summed E-state index contributed by atoms with van der Waals surface area (Å²) in [5.74, 6) is 0. The van der Waals surface area contributed by atoms with Crippen LogP contribution in [0.4, 0.5) is 0 Å². The summed E-state index contributed by atoms with van der Waals surface area (Å²) in [6.07, 6.45) is 0. The van der Waals surface area contributed by atoms with Crippen LogP contribution >= 0.6 is 0 Å². The van der Waals surface area contributed by atoms with Crippen molar-refractivity contribution in [2.45, 2.75) is 0 Å². The molecule has 0 aliphatic carbocycles. The topological polar surface area (TPSA) is 0 Å². The van der Waals surface area contributed by atoms with Crippen molar-refractivity contribution in [2.24, 2.45) is 0 Å². The molecular formula is Cl3Ge. The van der Waals surface area contributed by atoms with Gasteiger partial charge in [-0.15, -0.1) is 0 Å². The van der Waals surface area contributed by atoms with Gasteiger partial charge < -0.3 is 37.2 Å². The van der Waals surface area contributed by atoms with Crippen LogP contribution in [0.25, 0.3) is 0 Å². The molecule has 0 aliphatic rings. The van der Waals surface area contributed by atoms with E-state index in [9.17, 15) is 0 Å². The normalized spacial score (nSPS) is 0. The largest absolute Gasteiger partial charge is 3.00 e. The summed E-state index contributed by atoms with van der Waals surface area (Å²) in [5.41, 5.74) is 0. The third kappa shape index (κ3) is 9.95. The Hall–Kier alpha value is 1.41. The van der Waals surface area contributed by atoms with Gasteiger partial charge in [-0.2, -0.15) is 0 Å². The van der Waals surface area contributed by atoms with Gasteiger partial charge in [-0.1, -0.05) is 0 Å². The SMILES string of the molecule is [Cl-].[Cl-].[Cl-].[Ge+3]. The van der Waals surface area contributed by atoms with E-state index in [1.54, 1.807) is 0 Å². The van der Waals surface area contributed by atoms with Gasteiger partial charge in [0.05, 0.1) is 0 Å². The van der Waals surface area contributed by atoms with Crippen LogP contribution in [-0.2, 0) is 0 Å². The Morgan fingerprint density at radius 2 is 0.500 bits per heavy atom. The van der Waals surface area contributed by atoms with E-state index in [2.05, 4.69) is 0 Å². The first-order valence-electron chi connectivity index (χ1n) is 0. The molecule has 0 saturated heterocycles. The molecule has 0 spiro atoms. The molecule has 1 radical (unpaired) electrons. The van der Waals surface area contributed by atoms with Gasteiger partial charge in [0.1, 0.15) is 0 Å². The van der Waals surface area contributed by atoms with Crippen LogP contribution in [0.2, 0.25) is 0 Å². The van der Waals surface area contributed by atoms with Crippen molar-refractivity contribution in [2.75, 3.05) is 0 Å². The Kier molecular flexibility index (Phi) is 340. The van der Waals surface area contributed by atoms with Crippen LogP contribution in [0.1, 0.15) is 0 Å². The molecular weight excluding hydrogens is 179 g/mol. The maximum Gasteiger partial charge on any atom is 3.00 e. The molecule has 25 valence electrons. The Morgan fingerprint density at radius 3 is 0.500 bits per heavy atom. The first kappa shape index (κ1) is 52.8. The molecule has 4 heteroatoms. The van der Waals surface area contributed by atoms with E-state index < -0.39 is 0 Å². The van der Waals surface area contributed by atoms with Gasteiger partial charge in [0, 0.05) is 0 Å². The van der Waals surface area contributed by atoms with E-state index in [4.69, 9.17) is 0 Å². The third-order valence-electron chi connectivity index (χ3n) is 0. The van der Waals surface area contributed by atoms with Crippen molar-refractivity contribution in [1.29, 1.82) is 0 Å². The van der Waals surface area contributed by atoms with Crippen molar-refractivity contribution >= 4 is 17.6 Å². The second-order valence-electron chi connectivity index (χ2n) is 0. The van der Waals surface area contributed by atoms with Crippen molar-refractivity contribution < 1.29 is 37.2 Å². The molecule has 0 aromatic carbocycles. The zero-order chi connectivity index (χ0) is 0. The van der Waals surface area contributed by atoms with Gasteiger partial charge in [-0.05, 0) is 0 Å². The molecule has 0 bridgehead atoms. The molecule has 0 amide bonds. The van der Waals surface area contributed by atoms with E-state index in [1.807, 2.05) is 0 Å². The predicted octanol–water partition coefficient (Wildman–Crippen LogP) is -9.37. The van der Waals surface area contributed by atoms with E-state index in [0.717, 1.165) is 0 Å². The molecule has 4 heavy (non-hydrogen) atoms. The van der Waals surface area contributed by atoms with Crippen molar-refractivity contribution in [3.05, 3.63) is 0 Å². The molecule has 0 atom stereocenters. The smallest absolute Gasteiger partial charge is 1.00 e. The molecule has 0 aliphatic heterocycles. The summed E-state index contributed by atoms with van der Waals surface area (Å²) in [7, 11) is 0. The fourth-order valence-corrected chi connectivity index (χ4v) is 0. The Bertz CT molecular complexity index is 3.25. The third-order valence-corrected chi connectivity index (χ3v) is 0. The van der Waals surface area contributed by atoms with Crippen LogP contribution in [0.5, 0.6) is 0 Å². The number of rotatable bonds is 0. The number of hydrogen-bond acceptors (Lipinski definition) is 0. The number of hydrogen-bond donors (Lipinski definition) is 0. The molecule has 0 fully saturated rings. The molecule has 0 saturated carbocycles. The monoisotopic (exact) mass is 179 g/mol. The summed E-state index contributed by atoms with van der Waals surface area (Å²) in [4.78, 5) is 0. The fourth-order valence-electron chi connectivity index (χ4n) is 0. The second kappa shape index (κ2) is 25.7. The maximum atomic E-state index is 0. The van der Waals surface area contributed by atoms with Gasteiger partial charge in [0.15, 0.2) is 0 Å². The summed E-state index contributed by atoms with van der Waals surface area (Å²) in [6.45, 7) is 0. The molecule has 0 aromatic rings. The Labute approximate surface area is 54.9 Å². The quantitative estimate of drug-likeness (QED) is 0.324. The van der Waals surface area contributed by atoms with E-state index >= 15 is 0 Å². The number of halogens is 3. The molecule has 0 N–H and O–H groups in total. The average Bonchev–Trinajstić information content (AvgIpc) is 0. The van der Waals surface area contributed by atoms with Crippen LogP contribution in [0.15, 0.2) is 0 Å².